The number of hydrogen-bond acceptors (Lipinski definition) is 5. The number of imidazole rings is 1. The maximum absolute atomic E-state index is 4.92. The Morgan fingerprint density at radius 1 is 1.09 bits per heavy atom. The molecule has 0 spiro atoms. The van der Waals surface area contributed by atoms with E-state index in [4.69, 9.17) is 4.98 Å². The number of aromatic amines is 2. The lowest BCUT2D eigenvalue weighted by Crippen LogP contribution is -2.22. The second kappa shape index (κ2) is 10.1. The predicted octanol–water partition coefficient (Wildman–Crippen LogP) is 5.10. The SMILES string of the molecule is C=C\C(=C/C(=C\C)C(/C=c1/c(-c2nc3c(-c4ccc(C)s4)nccc3[nH]2)n[nH]c1=C)=C/C)N(C)C. The van der Waals surface area contributed by atoms with Gasteiger partial charge >= 0.3 is 0 Å². The van der Waals surface area contributed by atoms with Crippen molar-refractivity contribution >= 4 is 35.0 Å². The molecule has 4 heterocycles. The summed E-state index contributed by atoms with van der Waals surface area (Å²) in [6, 6.07) is 6.13. The molecule has 0 saturated heterocycles. The molecular formula is C28H30N6S. The molecule has 4 rings (SSSR count). The highest BCUT2D eigenvalue weighted by Gasteiger charge is 2.15. The first-order valence-electron chi connectivity index (χ1n) is 11.4. The molecule has 0 bridgehead atoms. The standard InChI is InChI=1S/C28H30N6S/c1-8-19(15-21(10-3)34(6)7)20(9-2)16-22-18(5)32-33-25(22)28-30-23-13-14-29-27(26(23)31-28)24-12-11-17(4)35-24/h8-16,32H,3,5H2,1-2,4,6-7H3,(H,30,31)/b19-8+,20-9+,21-15+,22-16+. The Morgan fingerprint density at radius 3 is 2.49 bits per heavy atom. The Kier molecular flexibility index (Phi) is 6.98. The van der Waals surface area contributed by atoms with Gasteiger partial charge in [0.05, 0.1) is 15.7 Å². The molecule has 4 aromatic heterocycles. The number of fused-ring (bicyclic) bond motifs is 1. The third-order valence-electron chi connectivity index (χ3n) is 5.77. The fourth-order valence-electron chi connectivity index (χ4n) is 3.86. The molecule has 0 aliphatic carbocycles. The van der Waals surface area contributed by atoms with E-state index in [9.17, 15) is 0 Å². The van der Waals surface area contributed by atoms with Crippen LogP contribution in [-0.4, -0.2) is 44.1 Å². The van der Waals surface area contributed by atoms with Gasteiger partial charge in [-0.05, 0) is 68.3 Å². The highest BCUT2D eigenvalue weighted by Crippen LogP contribution is 2.31. The van der Waals surface area contributed by atoms with Gasteiger partial charge in [-0.2, -0.15) is 5.10 Å². The number of aryl methyl sites for hydroxylation is 1. The summed E-state index contributed by atoms with van der Waals surface area (Å²) in [7, 11) is 4.01. The van der Waals surface area contributed by atoms with E-state index in [1.165, 1.54) is 4.88 Å². The van der Waals surface area contributed by atoms with Crippen molar-refractivity contribution in [2.45, 2.75) is 20.8 Å². The smallest absolute Gasteiger partial charge is 0.159 e. The number of allylic oxidation sites excluding steroid dienone is 6. The van der Waals surface area contributed by atoms with E-state index >= 15 is 0 Å². The average Bonchev–Trinajstić information content (AvgIpc) is 3.56. The normalized spacial score (nSPS) is 13.6. The van der Waals surface area contributed by atoms with Gasteiger partial charge in [0, 0.05) is 36.1 Å². The number of H-pyrrole nitrogens is 2. The first kappa shape index (κ1) is 24.2. The Morgan fingerprint density at radius 2 is 1.86 bits per heavy atom. The van der Waals surface area contributed by atoms with Gasteiger partial charge in [-0.25, -0.2) is 4.98 Å². The minimum Gasteiger partial charge on any atom is -0.378 e. The lowest BCUT2D eigenvalue weighted by atomic mass is 10.0. The molecule has 0 aliphatic heterocycles. The van der Waals surface area contributed by atoms with Crippen molar-refractivity contribution in [3.05, 3.63) is 87.6 Å². The molecule has 7 heteroatoms. The monoisotopic (exact) mass is 482 g/mol. The van der Waals surface area contributed by atoms with E-state index in [1.807, 2.05) is 51.2 Å². The van der Waals surface area contributed by atoms with Crippen LogP contribution >= 0.6 is 11.3 Å². The summed E-state index contributed by atoms with van der Waals surface area (Å²) in [5.74, 6) is 0.674. The van der Waals surface area contributed by atoms with Crippen LogP contribution in [0.5, 0.6) is 0 Å². The molecule has 0 fully saturated rings. The van der Waals surface area contributed by atoms with Crippen molar-refractivity contribution in [1.82, 2.24) is 30.0 Å². The zero-order valence-electron chi connectivity index (χ0n) is 20.8. The van der Waals surface area contributed by atoms with Crippen LogP contribution in [0.15, 0.2) is 72.1 Å². The van der Waals surface area contributed by atoms with Crippen LogP contribution in [0, 0.1) is 6.92 Å². The molecule has 4 aromatic rings. The van der Waals surface area contributed by atoms with E-state index in [2.05, 4.69) is 76.7 Å². The molecule has 0 amide bonds. The Bertz CT molecular complexity index is 1590. The van der Waals surface area contributed by atoms with E-state index < -0.39 is 0 Å². The van der Waals surface area contributed by atoms with Gasteiger partial charge in [0.2, 0.25) is 0 Å². The van der Waals surface area contributed by atoms with Crippen molar-refractivity contribution in [2.24, 2.45) is 0 Å². The van der Waals surface area contributed by atoms with Gasteiger partial charge in [0.25, 0.3) is 0 Å². The molecule has 2 N–H and O–H groups in total. The summed E-state index contributed by atoms with van der Waals surface area (Å²) in [6.45, 7) is 14.3. The third-order valence-corrected chi connectivity index (χ3v) is 6.77. The summed E-state index contributed by atoms with van der Waals surface area (Å²) in [5, 5.41) is 9.19. The van der Waals surface area contributed by atoms with Crippen LogP contribution in [0.3, 0.4) is 0 Å². The van der Waals surface area contributed by atoms with Gasteiger partial charge in [-0.15, -0.1) is 11.3 Å². The van der Waals surface area contributed by atoms with Gasteiger partial charge in [0.1, 0.15) is 16.9 Å². The number of likely N-dealkylation sites (N-methyl/N-ethyl adjacent to an activating group) is 1. The first-order chi connectivity index (χ1) is 16.9. The van der Waals surface area contributed by atoms with Crippen LogP contribution in [-0.2, 0) is 0 Å². The van der Waals surface area contributed by atoms with Crippen molar-refractivity contribution in [2.75, 3.05) is 14.1 Å². The lowest BCUT2D eigenvalue weighted by Gasteiger charge is -2.14. The molecule has 0 saturated carbocycles. The fraction of sp³-hybridized carbons (Fsp3) is 0.179. The van der Waals surface area contributed by atoms with E-state index in [1.54, 1.807) is 11.3 Å². The molecule has 0 unspecified atom stereocenters. The highest BCUT2D eigenvalue weighted by atomic mass is 32.1. The Labute approximate surface area is 209 Å². The number of hydrogen-bond donors (Lipinski definition) is 2. The average molecular weight is 483 g/mol. The maximum Gasteiger partial charge on any atom is 0.159 e. The van der Waals surface area contributed by atoms with Crippen LogP contribution < -0.4 is 10.6 Å². The number of nitrogens with zero attached hydrogens (tertiary/aromatic N) is 4. The van der Waals surface area contributed by atoms with Crippen molar-refractivity contribution in [3.63, 3.8) is 0 Å². The second-order valence-electron chi connectivity index (χ2n) is 8.32. The predicted molar refractivity (Wildman–Crippen MR) is 148 cm³/mol. The van der Waals surface area contributed by atoms with E-state index in [0.29, 0.717) is 5.82 Å². The fourth-order valence-corrected chi connectivity index (χ4v) is 4.73. The topological polar surface area (TPSA) is 73.5 Å². The van der Waals surface area contributed by atoms with Crippen LogP contribution in [0.2, 0.25) is 0 Å². The van der Waals surface area contributed by atoms with Crippen LogP contribution in [0.4, 0.5) is 0 Å². The van der Waals surface area contributed by atoms with Crippen LogP contribution in [0.25, 0.3) is 45.8 Å². The van der Waals surface area contributed by atoms with Crippen molar-refractivity contribution in [3.8, 4) is 22.1 Å². The molecule has 0 atom stereocenters. The van der Waals surface area contributed by atoms with Crippen molar-refractivity contribution in [1.29, 1.82) is 0 Å². The number of rotatable bonds is 7. The highest BCUT2D eigenvalue weighted by molar-refractivity contribution is 7.15. The van der Waals surface area contributed by atoms with Gasteiger partial charge in [0.15, 0.2) is 5.82 Å². The van der Waals surface area contributed by atoms with E-state index in [-0.39, 0.29) is 0 Å². The summed E-state index contributed by atoms with van der Waals surface area (Å²) in [5.41, 5.74) is 6.48. The molecule has 0 aromatic carbocycles. The molecule has 0 radical (unpaired) electrons. The zero-order chi connectivity index (χ0) is 25.1. The second-order valence-corrected chi connectivity index (χ2v) is 9.60. The van der Waals surface area contributed by atoms with Crippen LogP contribution in [0.1, 0.15) is 18.7 Å². The number of thiophene rings is 1. The van der Waals surface area contributed by atoms with Crippen molar-refractivity contribution < 1.29 is 0 Å². The zero-order valence-corrected chi connectivity index (χ0v) is 21.6. The minimum atomic E-state index is 0.674. The van der Waals surface area contributed by atoms with Gasteiger partial charge in [-0.3, -0.25) is 10.1 Å². The first-order valence-corrected chi connectivity index (χ1v) is 12.2. The van der Waals surface area contributed by atoms with E-state index in [0.717, 1.165) is 54.7 Å². The summed E-state index contributed by atoms with van der Waals surface area (Å²) >= 11 is 1.71. The summed E-state index contributed by atoms with van der Waals surface area (Å²) in [4.78, 5) is 17.3. The molecular weight excluding hydrogens is 452 g/mol. The summed E-state index contributed by atoms with van der Waals surface area (Å²) in [6.07, 6.45) is 12.0. The number of nitrogens with one attached hydrogen (secondary N) is 2. The number of aromatic nitrogens is 5. The van der Waals surface area contributed by atoms with Gasteiger partial charge < -0.3 is 9.88 Å². The third kappa shape index (κ3) is 4.81. The summed E-state index contributed by atoms with van der Waals surface area (Å²) < 4.78 is 0. The molecule has 178 valence electrons. The minimum absolute atomic E-state index is 0.674. The lowest BCUT2D eigenvalue weighted by molar-refractivity contribution is 0.530. The maximum atomic E-state index is 4.92. The van der Waals surface area contributed by atoms with Gasteiger partial charge in [-0.1, -0.05) is 25.3 Å². The Hall–Kier alpha value is -3.97. The quantitative estimate of drug-likeness (QED) is 0.360. The number of pyridine rings is 1. The molecule has 0 aliphatic rings. The largest absolute Gasteiger partial charge is 0.378 e. The molecule has 6 nitrogen and oxygen atoms in total. The molecule has 35 heavy (non-hydrogen) atoms. The Balaban J connectivity index is 1.84.